The van der Waals surface area contributed by atoms with E-state index >= 15 is 0 Å². The van der Waals surface area contributed by atoms with Crippen LogP contribution in [0.1, 0.15) is 12.0 Å². The second-order valence-corrected chi connectivity index (χ2v) is 7.63. The van der Waals surface area contributed by atoms with Gasteiger partial charge in [0.1, 0.15) is 5.41 Å². The van der Waals surface area contributed by atoms with Crippen molar-refractivity contribution in [3.63, 3.8) is 0 Å². The molecule has 0 spiro atoms. The van der Waals surface area contributed by atoms with E-state index in [1.54, 1.807) is 0 Å². The largest absolute Gasteiger partial charge is 0.399 e. The number of hydrogen-bond acceptors (Lipinski definition) is 4. The lowest BCUT2D eigenvalue weighted by Crippen LogP contribution is -2.44. The molecule has 0 aromatic heterocycles. The van der Waals surface area contributed by atoms with Gasteiger partial charge in [-0.25, -0.2) is 0 Å². The Hall–Kier alpha value is -0.180. The molecule has 3 rings (SSSR count). The lowest BCUT2D eigenvalue weighted by Gasteiger charge is -2.32. The molecule has 3 nitrogen and oxygen atoms in total. The highest BCUT2D eigenvalue weighted by Gasteiger charge is 2.61. The number of benzene rings is 1. The molecule has 1 aromatic carbocycles. The van der Waals surface area contributed by atoms with Gasteiger partial charge in [0.25, 0.3) is 0 Å². The SMILES string of the molecule is O=C1SOCC1[C]1CC(c2cc(Cl)c(Cl)c(Cl)c2)(C(F)(F)F)CN1. The number of carbonyl (C=O) groups is 1. The summed E-state index contributed by atoms with van der Waals surface area (Å²) in [7, 11) is 0. The molecule has 2 saturated heterocycles. The minimum absolute atomic E-state index is 0.00494. The quantitative estimate of drug-likeness (QED) is 0.552. The first-order valence-electron chi connectivity index (χ1n) is 6.80. The first-order chi connectivity index (χ1) is 11.2. The zero-order chi connectivity index (χ0) is 17.7. The molecule has 2 aliphatic rings. The first-order valence-corrected chi connectivity index (χ1v) is 8.68. The van der Waals surface area contributed by atoms with Gasteiger partial charge >= 0.3 is 6.18 Å². The zero-order valence-electron chi connectivity index (χ0n) is 11.8. The van der Waals surface area contributed by atoms with Gasteiger partial charge in [0, 0.05) is 6.54 Å². The lowest BCUT2D eigenvalue weighted by molar-refractivity contribution is -0.185. The van der Waals surface area contributed by atoms with E-state index in [0.717, 1.165) is 0 Å². The van der Waals surface area contributed by atoms with Crippen LogP contribution in [0, 0.1) is 12.0 Å². The molecule has 10 heteroatoms. The van der Waals surface area contributed by atoms with Gasteiger partial charge in [-0.05, 0) is 24.1 Å². The van der Waals surface area contributed by atoms with E-state index in [9.17, 15) is 18.0 Å². The molecule has 2 heterocycles. The fraction of sp³-hybridized carbons (Fsp3) is 0.429. The van der Waals surface area contributed by atoms with Gasteiger partial charge in [-0.15, -0.1) is 0 Å². The van der Waals surface area contributed by atoms with Crippen molar-refractivity contribution in [2.45, 2.75) is 18.0 Å². The summed E-state index contributed by atoms with van der Waals surface area (Å²) in [6.45, 7) is -0.351. The summed E-state index contributed by atoms with van der Waals surface area (Å²) in [4.78, 5) is 11.7. The van der Waals surface area contributed by atoms with E-state index < -0.39 is 24.1 Å². The topological polar surface area (TPSA) is 38.3 Å². The van der Waals surface area contributed by atoms with E-state index in [1.807, 2.05) is 0 Å². The monoisotopic (exact) mass is 418 g/mol. The Balaban J connectivity index is 2.00. The third-order valence-corrected chi connectivity index (χ3v) is 6.17. The number of nitrogens with one attached hydrogen (secondary N) is 1. The standard InChI is InChI=1S/C14H10Cl3F3NO2S/c15-8-1-6(2-9(16)11(8)17)13(14(18,19)20)3-10(21-5-13)7-4-23-24-12(7)22/h1-2,7,21H,3-5H2. The fourth-order valence-electron chi connectivity index (χ4n) is 2.89. The maximum Gasteiger partial charge on any atom is 0.399 e. The predicted molar refractivity (Wildman–Crippen MR) is 87.1 cm³/mol. The molecule has 1 radical (unpaired) electrons. The zero-order valence-corrected chi connectivity index (χ0v) is 14.9. The maximum absolute atomic E-state index is 13.9. The Bertz CT molecular complexity index is 665. The summed E-state index contributed by atoms with van der Waals surface area (Å²) in [5.41, 5.74) is -2.32. The Labute approximate surface area is 155 Å². The Morgan fingerprint density at radius 2 is 1.88 bits per heavy atom. The second-order valence-electron chi connectivity index (χ2n) is 5.63. The van der Waals surface area contributed by atoms with Crippen LogP contribution >= 0.6 is 46.8 Å². The Kier molecular flexibility index (Phi) is 5.06. The number of carbonyl (C=O) groups excluding carboxylic acids is 1. The molecule has 2 fully saturated rings. The third kappa shape index (κ3) is 3.04. The molecule has 2 atom stereocenters. The van der Waals surface area contributed by atoms with Crippen molar-refractivity contribution < 1.29 is 22.1 Å². The van der Waals surface area contributed by atoms with Crippen LogP contribution in [-0.2, 0) is 14.4 Å². The number of alkyl halides is 3. The summed E-state index contributed by atoms with van der Waals surface area (Å²) in [6, 6.07) is 2.66. The maximum atomic E-state index is 13.9. The first kappa shape index (κ1) is 18.6. The van der Waals surface area contributed by atoms with Gasteiger partial charge in [-0.1, -0.05) is 34.8 Å². The van der Waals surface area contributed by atoms with Crippen LogP contribution in [0.15, 0.2) is 12.1 Å². The molecule has 1 N–H and O–H groups in total. The third-order valence-electron chi connectivity index (χ3n) is 4.27. The summed E-state index contributed by atoms with van der Waals surface area (Å²) >= 11 is 18.3. The van der Waals surface area contributed by atoms with Gasteiger partial charge in [-0.2, -0.15) is 13.2 Å². The number of halogens is 6. The smallest absolute Gasteiger partial charge is 0.308 e. The fourth-order valence-corrected chi connectivity index (χ4v) is 4.13. The average molecular weight is 420 g/mol. The molecule has 2 unspecified atom stereocenters. The van der Waals surface area contributed by atoms with E-state index in [2.05, 4.69) is 5.32 Å². The van der Waals surface area contributed by atoms with Crippen LogP contribution in [0.2, 0.25) is 15.1 Å². The molecular formula is C14H10Cl3F3NO2S. The molecule has 0 bridgehead atoms. The van der Waals surface area contributed by atoms with E-state index in [0.29, 0.717) is 18.1 Å². The second kappa shape index (κ2) is 6.52. The van der Waals surface area contributed by atoms with E-state index in [1.165, 1.54) is 12.1 Å². The summed E-state index contributed by atoms with van der Waals surface area (Å²) in [5, 5.41) is 2.35. The van der Waals surface area contributed by atoms with E-state index in [4.69, 9.17) is 39.0 Å². The van der Waals surface area contributed by atoms with Crippen LogP contribution in [0.5, 0.6) is 0 Å². The molecule has 0 saturated carbocycles. The molecule has 0 amide bonds. The number of hydrogen-bond donors (Lipinski definition) is 1. The van der Waals surface area contributed by atoms with E-state index in [-0.39, 0.29) is 38.8 Å². The van der Waals surface area contributed by atoms with Gasteiger partial charge in [0.15, 0.2) is 0 Å². The molecule has 0 aliphatic carbocycles. The normalized spacial score (nSPS) is 28.8. The number of rotatable bonds is 2. The molecule has 2 aliphatic heterocycles. The summed E-state index contributed by atoms with van der Waals surface area (Å²) < 4.78 is 46.7. The minimum Gasteiger partial charge on any atom is -0.308 e. The van der Waals surface area contributed by atoms with Gasteiger partial charge in [-0.3, -0.25) is 4.79 Å². The van der Waals surface area contributed by atoms with Crippen LogP contribution in [0.4, 0.5) is 13.2 Å². The summed E-state index contributed by atoms with van der Waals surface area (Å²) in [6.07, 6.45) is -4.96. The molecule has 1 aromatic rings. The molecule has 131 valence electrons. The van der Waals surface area contributed by atoms with Gasteiger partial charge in [0.2, 0.25) is 5.12 Å². The van der Waals surface area contributed by atoms with Crippen LogP contribution < -0.4 is 5.32 Å². The highest BCUT2D eigenvalue weighted by Crippen LogP contribution is 2.52. The highest BCUT2D eigenvalue weighted by atomic mass is 35.5. The van der Waals surface area contributed by atoms with Crippen LogP contribution in [0.3, 0.4) is 0 Å². The van der Waals surface area contributed by atoms with Crippen molar-refractivity contribution in [1.82, 2.24) is 5.32 Å². The van der Waals surface area contributed by atoms with Crippen molar-refractivity contribution in [2.75, 3.05) is 13.2 Å². The minimum atomic E-state index is -4.57. The van der Waals surface area contributed by atoms with Crippen molar-refractivity contribution in [3.05, 3.63) is 38.8 Å². The molecule has 24 heavy (non-hydrogen) atoms. The van der Waals surface area contributed by atoms with Crippen molar-refractivity contribution in [2.24, 2.45) is 5.92 Å². The summed E-state index contributed by atoms with van der Waals surface area (Å²) in [5.74, 6) is -0.697. The van der Waals surface area contributed by atoms with Crippen LogP contribution in [0.25, 0.3) is 0 Å². The lowest BCUT2D eigenvalue weighted by atomic mass is 9.76. The predicted octanol–water partition coefficient (Wildman–Crippen LogP) is 4.79. The highest BCUT2D eigenvalue weighted by molar-refractivity contribution is 8.09. The Morgan fingerprint density at radius 1 is 1.25 bits per heavy atom. The van der Waals surface area contributed by atoms with Crippen molar-refractivity contribution >= 4 is 52.0 Å². The molecular weight excluding hydrogens is 410 g/mol. The average Bonchev–Trinajstić information content (AvgIpc) is 3.10. The van der Waals surface area contributed by atoms with Gasteiger partial charge in [0.05, 0.1) is 45.7 Å². The van der Waals surface area contributed by atoms with Crippen molar-refractivity contribution in [3.8, 4) is 0 Å². The van der Waals surface area contributed by atoms with Gasteiger partial charge < -0.3 is 9.50 Å². The van der Waals surface area contributed by atoms with Crippen LogP contribution in [-0.4, -0.2) is 24.4 Å². The van der Waals surface area contributed by atoms with Crippen molar-refractivity contribution in [1.29, 1.82) is 0 Å². The Morgan fingerprint density at radius 3 is 2.38 bits per heavy atom.